The maximum atomic E-state index is 13.3. The number of fused-ring (bicyclic) bond motifs is 2. The molecule has 2 aromatic carbocycles. The highest BCUT2D eigenvalue weighted by Gasteiger charge is 2.28. The zero-order valence-corrected chi connectivity index (χ0v) is 18.2. The molecule has 2 aliphatic heterocycles. The van der Waals surface area contributed by atoms with E-state index in [2.05, 4.69) is 41.1 Å². The van der Waals surface area contributed by atoms with E-state index in [1.54, 1.807) is 11.8 Å². The third-order valence-corrected chi connectivity index (χ3v) is 6.93. The number of carbonyl (C=O) groups excluding carboxylic acids is 1. The van der Waals surface area contributed by atoms with Crippen molar-refractivity contribution in [3.8, 4) is 0 Å². The number of likely N-dealkylation sites (tertiary alicyclic amines) is 1. The van der Waals surface area contributed by atoms with Crippen molar-refractivity contribution in [1.82, 2.24) is 9.80 Å². The predicted octanol–water partition coefficient (Wildman–Crippen LogP) is 5.01. The van der Waals surface area contributed by atoms with Crippen LogP contribution in [0.4, 0.5) is 11.4 Å². The number of carbonyl (C=O) groups is 1. The Bertz CT molecular complexity index is 787. The van der Waals surface area contributed by atoms with E-state index in [1.165, 1.54) is 38.8 Å². The van der Waals surface area contributed by atoms with Crippen molar-refractivity contribution >= 4 is 29.0 Å². The van der Waals surface area contributed by atoms with Gasteiger partial charge < -0.3 is 4.90 Å². The lowest BCUT2D eigenvalue weighted by molar-refractivity contribution is -0.118. The van der Waals surface area contributed by atoms with Crippen LogP contribution in [0.25, 0.3) is 0 Å². The lowest BCUT2D eigenvalue weighted by atomic mass is 10.2. The van der Waals surface area contributed by atoms with Gasteiger partial charge in [0.2, 0.25) is 5.91 Å². The molecule has 0 saturated carbocycles. The number of rotatable bonds is 6. The Labute approximate surface area is 178 Å². The smallest absolute Gasteiger partial charge is 0.245 e. The van der Waals surface area contributed by atoms with E-state index < -0.39 is 0 Å². The first-order chi connectivity index (χ1) is 14.2. The molecule has 0 unspecified atom stereocenters. The summed E-state index contributed by atoms with van der Waals surface area (Å²) in [7, 11) is 2.07. The number of likely N-dealkylation sites (N-methyl/N-ethyl adjacent to an activating group) is 1. The average molecular weight is 410 g/mol. The SMILES string of the molecule is CN(CCCN1CCCCCC1)CC(=O)N1c2ccccc2Sc2ccccc21. The van der Waals surface area contributed by atoms with Gasteiger partial charge in [-0.3, -0.25) is 14.6 Å². The summed E-state index contributed by atoms with van der Waals surface area (Å²) in [6.45, 7) is 5.01. The fourth-order valence-corrected chi connectivity index (χ4v) is 5.34. The first kappa shape index (κ1) is 20.5. The van der Waals surface area contributed by atoms with Gasteiger partial charge in [0.05, 0.1) is 17.9 Å². The Balaban J connectivity index is 1.38. The minimum absolute atomic E-state index is 0.141. The number of hydrogen-bond acceptors (Lipinski definition) is 4. The summed E-state index contributed by atoms with van der Waals surface area (Å²) in [5, 5.41) is 0. The molecular weight excluding hydrogens is 378 g/mol. The summed E-state index contributed by atoms with van der Waals surface area (Å²) in [6.07, 6.45) is 6.54. The summed E-state index contributed by atoms with van der Waals surface area (Å²) < 4.78 is 0. The van der Waals surface area contributed by atoms with Crippen molar-refractivity contribution in [2.45, 2.75) is 41.9 Å². The minimum atomic E-state index is 0.141. The molecule has 0 spiro atoms. The summed E-state index contributed by atoms with van der Waals surface area (Å²) in [5.74, 6) is 0.141. The third kappa shape index (κ3) is 5.03. The maximum Gasteiger partial charge on any atom is 0.245 e. The van der Waals surface area contributed by atoms with Crippen LogP contribution in [-0.4, -0.2) is 55.5 Å². The van der Waals surface area contributed by atoms with Gasteiger partial charge in [0, 0.05) is 9.79 Å². The first-order valence-electron chi connectivity index (χ1n) is 10.8. The van der Waals surface area contributed by atoms with E-state index >= 15 is 0 Å². The van der Waals surface area contributed by atoms with Crippen LogP contribution < -0.4 is 4.90 Å². The summed E-state index contributed by atoms with van der Waals surface area (Å²) >= 11 is 1.74. The molecule has 0 aliphatic carbocycles. The van der Waals surface area contributed by atoms with Crippen LogP contribution in [0, 0.1) is 0 Å². The van der Waals surface area contributed by atoms with Crippen molar-refractivity contribution in [2.75, 3.05) is 44.7 Å². The summed E-state index contributed by atoms with van der Waals surface area (Å²) in [6, 6.07) is 16.4. The van der Waals surface area contributed by atoms with Crippen LogP contribution in [0.3, 0.4) is 0 Å². The highest BCUT2D eigenvalue weighted by atomic mass is 32.2. The highest BCUT2D eigenvalue weighted by Crippen LogP contribution is 2.47. The summed E-state index contributed by atoms with van der Waals surface area (Å²) in [5.41, 5.74) is 2.00. The van der Waals surface area contributed by atoms with Gasteiger partial charge in [-0.25, -0.2) is 0 Å². The van der Waals surface area contributed by atoms with Gasteiger partial charge in [-0.1, -0.05) is 48.9 Å². The number of hydrogen-bond donors (Lipinski definition) is 0. The van der Waals surface area contributed by atoms with Gasteiger partial charge in [0.15, 0.2) is 0 Å². The van der Waals surface area contributed by atoms with Crippen LogP contribution in [0.1, 0.15) is 32.1 Å². The molecule has 4 nitrogen and oxygen atoms in total. The van der Waals surface area contributed by atoms with Crippen molar-refractivity contribution in [3.05, 3.63) is 48.5 Å². The van der Waals surface area contributed by atoms with Crippen molar-refractivity contribution < 1.29 is 4.79 Å². The lowest BCUT2D eigenvalue weighted by Gasteiger charge is -2.32. The van der Waals surface area contributed by atoms with E-state index in [1.807, 2.05) is 29.2 Å². The molecule has 1 fully saturated rings. The van der Waals surface area contributed by atoms with Crippen LogP contribution in [-0.2, 0) is 4.79 Å². The molecule has 2 heterocycles. The molecule has 0 N–H and O–H groups in total. The molecule has 154 valence electrons. The van der Waals surface area contributed by atoms with Gasteiger partial charge in [-0.15, -0.1) is 0 Å². The fourth-order valence-electron chi connectivity index (χ4n) is 4.28. The molecule has 2 aliphatic rings. The zero-order chi connectivity index (χ0) is 20.1. The number of benzene rings is 2. The van der Waals surface area contributed by atoms with E-state index in [9.17, 15) is 4.79 Å². The predicted molar refractivity (Wildman–Crippen MR) is 121 cm³/mol. The quantitative estimate of drug-likeness (QED) is 0.670. The molecule has 2 aromatic rings. The molecule has 0 atom stereocenters. The van der Waals surface area contributed by atoms with Gasteiger partial charge in [-0.2, -0.15) is 0 Å². The topological polar surface area (TPSA) is 26.8 Å². The fraction of sp³-hybridized carbons (Fsp3) is 0.458. The van der Waals surface area contributed by atoms with Crippen LogP contribution in [0.15, 0.2) is 58.3 Å². The normalized spacial score (nSPS) is 17.0. The monoisotopic (exact) mass is 409 g/mol. The Kier molecular flexibility index (Phi) is 6.90. The van der Waals surface area contributed by atoms with Crippen molar-refractivity contribution in [1.29, 1.82) is 0 Å². The van der Waals surface area contributed by atoms with E-state index in [-0.39, 0.29) is 5.91 Å². The van der Waals surface area contributed by atoms with Crippen molar-refractivity contribution in [2.24, 2.45) is 0 Å². The number of anilines is 2. The second-order valence-electron chi connectivity index (χ2n) is 8.11. The molecule has 4 rings (SSSR count). The highest BCUT2D eigenvalue weighted by molar-refractivity contribution is 7.99. The number of para-hydroxylation sites is 2. The average Bonchev–Trinajstić information content (AvgIpc) is 3.00. The maximum absolute atomic E-state index is 13.3. The number of nitrogens with zero attached hydrogens (tertiary/aromatic N) is 3. The van der Waals surface area contributed by atoms with E-state index in [0.717, 1.165) is 40.7 Å². The molecule has 0 bridgehead atoms. The lowest BCUT2D eigenvalue weighted by Crippen LogP contribution is -2.38. The van der Waals surface area contributed by atoms with E-state index in [4.69, 9.17) is 0 Å². The molecular formula is C24H31N3OS. The molecule has 5 heteroatoms. The molecule has 0 radical (unpaired) electrons. The van der Waals surface area contributed by atoms with Crippen LogP contribution in [0.5, 0.6) is 0 Å². The van der Waals surface area contributed by atoms with Gasteiger partial charge in [0.1, 0.15) is 0 Å². The second kappa shape index (κ2) is 9.79. The van der Waals surface area contributed by atoms with E-state index in [0.29, 0.717) is 6.54 Å². The van der Waals surface area contributed by atoms with Gasteiger partial charge in [0.25, 0.3) is 0 Å². The van der Waals surface area contributed by atoms with Gasteiger partial charge >= 0.3 is 0 Å². The molecule has 1 amide bonds. The second-order valence-corrected chi connectivity index (χ2v) is 9.20. The minimum Gasteiger partial charge on any atom is -0.303 e. The van der Waals surface area contributed by atoms with Crippen LogP contribution in [0.2, 0.25) is 0 Å². The summed E-state index contributed by atoms with van der Waals surface area (Å²) in [4.78, 5) is 22.3. The molecule has 29 heavy (non-hydrogen) atoms. The Morgan fingerprint density at radius 3 is 2.14 bits per heavy atom. The molecule has 1 saturated heterocycles. The number of amides is 1. The Morgan fingerprint density at radius 1 is 0.931 bits per heavy atom. The Hall–Kier alpha value is -1.82. The molecule has 0 aromatic heterocycles. The largest absolute Gasteiger partial charge is 0.303 e. The third-order valence-electron chi connectivity index (χ3n) is 5.80. The Morgan fingerprint density at radius 2 is 1.52 bits per heavy atom. The van der Waals surface area contributed by atoms with Crippen LogP contribution >= 0.6 is 11.8 Å². The first-order valence-corrected chi connectivity index (χ1v) is 11.6. The standard InChI is InChI=1S/C24H31N3OS/c1-25(15-10-18-26-16-8-2-3-9-17-26)19-24(28)27-20-11-4-6-13-22(20)29-23-14-7-5-12-21(23)27/h4-7,11-14H,2-3,8-10,15-19H2,1H3. The van der Waals surface area contributed by atoms with Gasteiger partial charge in [-0.05, 0) is 76.8 Å². The zero-order valence-electron chi connectivity index (χ0n) is 17.3. The van der Waals surface area contributed by atoms with Crippen molar-refractivity contribution in [3.63, 3.8) is 0 Å².